The van der Waals surface area contributed by atoms with Crippen LogP contribution in [0.2, 0.25) is 0 Å². The summed E-state index contributed by atoms with van der Waals surface area (Å²) in [6.45, 7) is 3.53. The monoisotopic (exact) mass is 257 g/mol. The molecule has 0 atom stereocenters. The number of nitrogens with one attached hydrogen (secondary N) is 1. The first-order chi connectivity index (χ1) is 9.31. The van der Waals surface area contributed by atoms with Crippen molar-refractivity contribution in [2.75, 3.05) is 11.9 Å². The van der Waals surface area contributed by atoms with Gasteiger partial charge in [-0.3, -0.25) is 0 Å². The number of imidazole rings is 1. The second-order valence-corrected chi connectivity index (χ2v) is 5.03. The second-order valence-electron chi connectivity index (χ2n) is 5.03. The van der Waals surface area contributed by atoms with E-state index < -0.39 is 0 Å². The lowest BCUT2D eigenvalue weighted by Crippen LogP contribution is -2.13. The van der Waals surface area contributed by atoms with E-state index in [1.54, 1.807) is 0 Å². The van der Waals surface area contributed by atoms with Crippen LogP contribution in [0.4, 0.5) is 5.95 Å². The van der Waals surface area contributed by atoms with Crippen molar-refractivity contribution in [3.8, 4) is 5.75 Å². The van der Waals surface area contributed by atoms with E-state index in [9.17, 15) is 0 Å². The van der Waals surface area contributed by atoms with E-state index >= 15 is 0 Å². The summed E-state index contributed by atoms with van der Waals surface area (Å²) in [5.74, 6) is 1.88. The molecule has 0 bridgehead atoms. The van der Waals surface area contributed by atoms with Gasteiger partial charge in [-0.1, -0.05) is 12.1 Å². The Balaban J connectivity index is 1.53. The van der Waals surface area contributed by atoms with Crippen molar-refractivity contribution in [1.29, 1.82) is 0 Å². The van der Waals surface area contributed by atoms with Gasteiger partial charge in [0.2, 0.25) is 5.95 Å². The molecule has 100 valence electrons. The van der Waals surface area contributed by atoms with E-state index in [-0.39, 0.29) is 0 Å². The molecule has 1 heterocycles. The highest BCUT2D eigenvalue weighted by molar-refractivity contribution is 5.30. The summed E-state index contributed by atoms with van der Waals surface area (Å²) >= 11 is 0. The topological polar surface area (TPSA) is 39.1 Å². The average molecular weight is 257 g/mol. The Morgan fingerprint density at radius 3 is 3.11 bits per heavy atom. The van der Waals surface area contributed by atoms with Gasteiger partial charge >= 0.3 is 0 Å². The third-order valence-corrected chi connectivity index (χ3v) is 3.22. The Kier molecular flexibility index (Phi) is 3.40. The zero-order chi connectivity index (χ0) is 13.1. The van der Waals surface area contributed by atoms with E-state index in [1.165, 1.54) is 18.4 Å². The fourth-order valence-corrected chi connectivity index (χ4v) is 2.01. The van der Waals surface area contributed by atoms with Crippen molar-refractivity contribution in [2.45, 2.75) is 32.4 Å². The quantitative estimate of drug-likeness (QED) is 0.865. The molecule has 0 radical (unpaired) electrons. The van der Waals surface area contributed by atoms with Crippen LogP contribution in [0.3, 0.4) is 0 Å². The highest BCUT2D eigenvalue weighted by Crippen LogP contribution is 2.23. The van der Waals surface area contributed by atoms with Gasteiger partial charge in [0.15, 0.2) is 0 Å². The molecule has 0 amide bonds. The van der Waals surface area contributed by atoms with Crippen LogP contribution in [0.5, 0.6) is 5.75 Å². The maximum Gasteiger partial charge on any atom is 0.203 e. The molecule has 1 N–H and O–H groups in total. The summed E-state index contributed by atoms with van der Waals surface area (Å²) in [5, 5.41) is 3.42. The minimum Gasteiger partial charge on any atom is -0.492 e. The molecule has 19 heavy (non-hydrogen) atoms. The van der Waals surface area contributed by atoms with Crippen LogP contribution < -0.4 is 10.1 Å². The summed E-state index contributed by atoms with van der Waals surface area (Å²) in [4.78, 5) is 4.33. The molecular weight excluding hydrogens is 238 g/mol. The maximum atomic E-state index is 5.76. The molecule has 2 aromatic rings. The van der Waals surface area contributed by atoms with Crippen molar-refractivity contribution >= 4 is 5.95 Å². The molecule has 0 spiro atoms. The zero-order valence-corrected chi connectivity index (χ0v) is 11.2. The van der Waals surface area contributed by atoms with E-state index in [2.05, 4.69) is 33.9 Å². The van der Waals surface area contributed by atoms with Crippen molar-refractivity contribution < 1.29 is 4.74 Å². The average Bonchev–Trinajstić information content (AvgIpc) is 3.10. The van der Waals surface area contributed by atoms with E-state index in [4.69, 9.17) is 4.74 Å². The number of hydrogen-bond donors (Lipinski definition) is 1. The Labute approximate surface area is 113 Å². The number of ether oxygens (including phenoxy) is 1. The van der Waals surface area contributed by atoms with Gasteiger partial charge < -0.3 is 14.6 Å². The van der Waals surface area contributed by atoms with Gasteiger partial charge in [0.05, 0.1) is 6.54 Å². The van der Waals surface area contributed by atoms with E-state index in [0.29, 0.717) is 12.6 Å². The van der Waals surface area contributed by atoms with Gasteiger partial charge in [0.25, 0.3) is 0 Å². The minimum atomic E-state index is 0.624. The van der Waals surface area contributed by atoms with Crippen LogP contribution in [-0.2, 0) is 6.54 Å². The predicted molar refractivity (Wildman–Crippen MR) is 75.5 cm³/mol. The van der Waals surface area contributed by atoms with E-state index in [0.717, 1.165) is 18.2 Å². The number of rotatable bonds is 6. The summed E-state index contributed by atoms with van der Waals surface area (Å²) in [6.07, 6.45) is 6.33. The molecule has 0 saturated heterocycles. The third-order valence-electron chi connectivity index (χ3n) is 3.22. The van der Waals surface area contributed by atoms with Crippen molar-refractivity contribution in [2.24, 2.45) is 0 Å². The normalized spacial score (nSPS) is 14.4. The van der Waals surface area contributed by atoms with Crippen LogP contribution >= 0.6 is 0 Å². The van der Waals surface area contributed by atoms with Gasteiger partial charge in [-0.25, -0.2) is 4.98 Å². The Morgan fingerprint density at radius 1 is 1.42 bits per heavy atom. The van der Waals surface area contributed by atoms with Gasteiger partial charge in [-0.15, -0.1) is 0 Å². The Morgan fingerprint density at radius 2 is 2.32 bits per heavy atom. The van der Waals surface area contributed by atoms with Crippen LogP contribution in [0.15, 0.2) is 36.7 Å². The van der Waals surface area contributed by atoms with Crippen LogP contribution in [-0.4, -0.2) is 22.2 Å². The van der Waals surface area contributed by atoms with Gasteiger partial charge in [-0.05, 0) is 37.5 Å². The van der Waals surface area contributed by atoms with Gasteiger partial charge in [0, 0.05) is 18.4 Å². The molecular formula is C15H19N3O. The lowest BCUT2D eigenvalue weighted by molar-refractivity contribution is 0.299. The third kappa shape index (κ3) is 3.28. The minimum absolute atomic E-state index is 0.624. The lowest BCUT2D eigenvalue weighted by atomic mass is 10.2. The van der Waals surface area contributed by atoms with Crippen molar-refractivity contribution in [1.82, 2.24) is 9.55 Å². The van der Waals surface area contributed by atoms with Crippen molar-refractivity contribution in [3.05, 3.63) is 42.2 Å². The lowest BCUT2D eigenvalue weighted by Gasteiger charge is -2.10. The van der Waals surface area contributed by atoms with Crippen LogP contribution in [0.1, 0.15) is 18.4 Å². The van der Waals surface area contributed by atoms with Gasteiger partial charge in [-0.2, -0.15) is 0 Å². The molecule has 1 fully saturated rings. The van der Waals surface area contributed by atoms with Gasteiger partial charge in [0.1, 0.15) is 12.4 Å². The van der Waals surface area contributed by atoms with Crippen molar-refractivity contribution in [3.63, 3.8) is 0 Å². The highest BCUT2D eigenvalue weighted by Gasteiger charge is 2.22. The standard InChI is InChI=1S/C15H19N3O/c1-12-3-2-4-14(11-12)19-10-9-18-8-7-16-15(18)17-13-5-6-13/h2-4,7-8,11,13H,5-6,9-10H2,1H3,(H,16,17). The molecule has 1 aliphatic carbocycles. The largest absolute Gasteiger partial charge is 0.492 e. The van der Waals surface area contributed by atoms with E-state index in [1.807, 2.05) is 24.5 Å². The number of aryl methyl sites for hydroxylation is 1. The number of hydrogen-bond acceptors (Lipinski definition) is 3. The Hall–Kier alpha value is -1.97. The number of benzene rings is 1. The smallest absolute Gasteiger partial charge is 0.203 e. The molecule has 0 aliphatic heterocycles. The fourth-order valence-electron chi connectivity index (χ4n) is 2.01. The predicted octanol–water partition coefficient (Wildman–Crippen LogP) is 2.84. The Bertz CT molecular complexity index is 546. The number of aromatic nitrogens is 2. The molecule has 3 rings (SSSR count). The maximum absolute atomic E-state index is 5.76. The molecule has 4 nitrogen and oxygen atoms in total. The SMILES string of the molecule is Cc1cccc(OCCn2ccnc2NC2CC2)c1. The fraction of sp³-hybridized carbons (Fsp3) is 0.400. The first-order valence-electron chi connectivity index (χ1n) is 6.78. The highest BCUT2D eigenvalue weighted by atomic mass is 16.5. The molecule has 1 aliphatic rings. The molecule has 4 heteroatoms. The zero-order valence-electron chi connectivity index (χ0n) is 11.2. The summed E-state index contributed by atoms with van der Waals surface area (Å²) in [7, 11) is 0. The second kappa shape index (κ2) is 5.34. The number of nitrogens with zero attached hydrogens (tertiary/aromatic N) is 2. The summed E-state index contributed by atoms with van der Waals surface area (Å²) in [6, 6.07) is 8.75. The van der Waals surface area contributed by atoms with Crippen LogP contribution in [0.25, 0.3) is 0 Å². The molecule has 1 saturated carbocycles. The number of anilines is 1. The summed E-state index contributed by atoms with van der Waals surface area (Å²) in [5.41, 5.74) is 1.22. The first kappa shape index (κ1) is 12.1. The molecule has 0 unspecified atom stereocenters. The molecule has 1 aromatic heterocycles. The summed E-state index contributed by atoms with van der Waals surface area (Å²) < 4.78 is 7.86. The first-order valence-corrected chi connectivity index (χ1v) is 6.78. The van der Waals surface area contributed by atoms with Crippen LogP contribution in [0, 0.1) is 6.92 Å². The molecule has 1 aromatic carbocycles.